The van der Waals surface area contributed by atoms with Crippen LogP contribution < -0.4 is 0 Å². The van der Waals surface area contributed by atoms with E-state index in [2.05, 4.69) is 15.9 Å². The number of phenols is 1. The molecule has 0 fully saturated rings. The lowest BCUT2D eigenvalue weighted by Gasteiger charge is -2.17. The van der Waals surface area contributed by atoms with Crippen molar-refractivity contribution in [2.45, 2.75) is 6.54 Å². The fraction of sp³-hybridized carbons (Fsp3) is 0.154. The summed E-state index contributed by atoms with van der Waals surface area (Å²) in [6.45, 7) is 0.167. The van der Waals surface area contributed by atoms with Crippen LogP contribution in [0.5, 0.6) is 5.75 Å². The van der Waals surface area contributed by atoms with Gasteiger partial charge >= 0.3 is 0 Å². The molecule has 0 radical (unpaired) electrons. The van der Waals surface area contributed by atoms with Gasteiger partial charge in [0.2, 0.25) is 5.82 Å². The second kappa shape index (κ2) is 6.07. The minimum Gasteiger partial charge on any atom is -0.503 e. The van der Waals surface area contributed by atoms with E-state index in [9.17, 15) is 18.0 Å². The molecule has 0 spiro atoms. The molecular formula is C13H9BrF3NO2S. The topological polar surface area (TPSA) is 40.5 Å². The average molecular weight is 380 g/mol. The summed E-state index contributed by atoms with van der Waals surface area (Å²) in [4.78, 5) is 13.2. The molecule has 1 heterocycles. The van der Waals surface area contributed by atoms with Crippen LogP contribution in [0.4, 0.5) is 13.2 Å². The van der Waals surface area contributed by atoms with Gasteiger partial charge < -0.3 is 10.0 Å². The number of thiophene rings is 1. The van der Waals surface area contributed by atoms with Crippen molar-refractivity contribution < 1.29 is 23.1 Å². The van der Waals surface area contributed by atoms with E-state index in [-0.39, 0.29) is 6.54 Å². The molecule has 0 bridgehead atoms. The van der Waals surface area contributed by atoms with Crippen LogP contribution in [0, 0.1) is 17.5 Å². The highest BCUT2D eigenvalue weighted by atomic mass is 79.9. The Morgan fingerprint density at radius 3 is 2.57 bits per heavy atom. The molecule has 0 saturated carbocycles. The highest BCUT2D eigenvalue weighted by Crippen LogP contribution is 2.27. The van der Waals surface area contributed by atoms with Gasteiger partial charge in [0.15, 0.2) is 17.4 Å². The number of nitrogens with zero attached hydrogens (tertiary/aromatic N) is 1. The molecule has 2 rings (SSSR count). The third-order valence-corrected chi connectivity index (χ3v) is 4.30. The van der Waals surface area contributed by atoms with Crippen LogP contribution in [-0.2, 0) is 6.54 Å². The molecule has 1 aromatic carbocycles. The van der Waals surface area contributed by atoms with Crippen molar-refractivity contribution in [2.24, 2.45) is 0 Å². The molecule has 0 saturated heterocycles. The quantitative estimate of drug-likeness (QED) is 0.821. The number of phenolic OH excluding ortho intramolecular Hbond substituents is 1. The highest BCUT2D eigenvalue weighted by Gasteiger charge is 2.24. The second-order valence-corrected chi connectivity index (χ2v) is 6.59. The van der Waals surface area contributed by atoms with Gasteiger partial charge in [0.05, 0.1) is 9.35 Å². The van der Waals surface area contributed by atoms with Crippen LogP contribution >= 0.6 is 27.3 Å². The van der Waals surface area contributed by atoms with E-state index in [4.69, 9.17) is 5.11 Å². The molecule has 21 heavy (non-hydrogen) atoms. The van der Waals surface area contributed by atoms with Gasteiger partial charge in [-0.1, -0.05) is 0 Å². The normalized spacial score (nSPS) is 10.7. The summed E-state index contributed by atoms with van der Waals surface area (Å²) >= 11 is 4.69. The van der Waals surface area contributed by atoms with Crippen molar-refractivity contribution in [3.05, 3.63) is 49.9 Å². The third kappa shape index (κ3) is 3.21. The van der Waals surface area contributed by atoms with Crippen LogP contribution in [0.25, 0.3) is 0 Å². The maximum atomic E-state index is 13.7. The summed E-state index contributed by atoms with van der Waals surface area (Å²) < 4.78 is 40.7. The van der Waals surface area contributed by atoms with E-state index >= 15 is 0 Å². The zero-order valence-corrected chi connectivity index (χ0v) is 13.1. The molecule has 0 aliphatic carbocycles. The van der Waals surface area contributed by atoms with Crippen molar-refractivity contribution in [3.63, 3.8) is 0 Å². The molecule has 0 aliphatic rings. The summed E-state index contributed by atoms with van der Waals surface area (Å²) in [5, 5.41) is 10.9. The standard InChI is InChI=1S/C13H9BrF3NO2S/c1-18(4-6-2-9(14)21-5-6)13(20)7-3-8(15)11(17)12(19)10(7)16/h2-3,5,19H,4H2,1H3. The van der Waals surface area contributed by atoms with Gasteiger partial charge in [0, 0.05) is 13.6 Å². The van der Waals surface area contributed by atoms with E-state index < -0.39 is 34.7 Å². The number of halogens is 4. The van der Waals surface area contributed by atoms with Crippen LogP contribution in [-0.4, -0.2) is 23.0 Å². The number of benzene rings is 1. The van der Waals surface area contributed by atoms with Crippen molar-refractivity contribution in [1.29, 1.82) is 0 Å². The summed E-state index contributed by atoms with van der Waals surface area (Å²) in [6.07, 6.45) is 0. The Labute approximate surface area is 130 Å². The van der Waals surface area contributed by atoms with Crippen LogP contribution in [0.2, 0.25) is 0 Å². The van der Waals surface area contributed by atoms with Crippen molar-refractivity contribution in [3.8, 4) is 5.75 Å². The van der Waals surface area contributed by atoms with E-state index in [1.165, 1.54) is 18.4 Å². The first kappa shape index (κ1) is 15.8. The van der Waals surface area contributed by atoms with E-state index in [0.717, 1.165) is 14.2 Å². The summed E-state index contributed by atoms with van der Waals surface area (Å²) in [6, 6.07) is 2.22. The number of aromatic hydroxyl groups is 1. The summed E-state index contributed by atoms with van der Waals surface area (Å²) in [7, 11) is 1.39. The van der Waals surface area contributed by atoms with Gasteiger partial charge in [-0.15, -0.1) is 11.3 Å². The minimum atomic E-state index is -1.71. The Kier molecular flexibility index (Phi) is 4.58. The van der Waals surface area contributed by atoms with Crippen LogP contribution in [0.15, 0.2) is 21.3 Å². The molecule has 0 atom stereocenters. The van der Waals surface area contributed by atoms with E-state index in [1.54, 1.807) is 11.4 Å². The van der Waals surface area contributed by atoms with E-state index in [1.807, 2.05) is 0 Å². The fourth-order valence-corrected chi connectivity index (χ4v) is 2.93. The van der Waals surface area contributed by atoms with Gasteiger partial charge in [-0.3, -0.25) is 4.79 Å². The molecule has 1 N–H and O–H groups in total. The Bertz CT molecular complexity index is 705. The number of rotatable bonds is 3. The summed E-state index contributed by atoms with van der Waals surface area (Å²) in [5.41, 5.74) is 0.0816. The van der Waals surface area contributed by atoms with Gasteiger partial charge in [0.1, 0.15) is 0 Å². The molecule has 2 aromatic rings. The summed E-state index contributed by atoms with van der Waals surface area (Å²) in [5.74, 6) is -7.02. The van der Waals surface area contributed by atoms with Gasteiger partial charge in [-0.05, 0) is 39.0 Å². The Morgan fingerprint density at radius 2 is 2.00 bits per heavy atom. The molecule has 0 unspecified atom stereocenters. The van der Waals surface area contributed by atoms with Crippen LogP contribution in [0.1, 0.15) is 15.9 Å². The third-order valence-electron chi connectivity index (χ3n) is 2.75. The molecular weight excluding hydrogens is 371 g/mol. The molecule has 1 aromatic heterocycles. The largest absolute Gasteiger partial charge is 0.503 e. The number of carbonyl (C=O) groups excluding carboxylic acids is 1. The maximum Gasteiger partial charge on any atom is 0.257 e. The zero-order chi connectivity index (χ0) is 15.7. The number of hydrogen-bond donors (Lipinski definition) is 1. The van der Waals surface area contributed by atoms with Crippen molar-refractivity contribution in [2.75, 3.05) is 7.05 Å². The fourth-order valence-electron chi connectivity index (χ4n) is 1.73. The average Bonchev–Trinajstić information content (AvgIpc) is 2.85. The minimum absolute atomic E-state index is 0.167. The maximum absolute atomic E-state index is 13.7. The predicted molar refractivity (Wildman–Crippen MR) is 75.8 cm³/mol. The first-order valence-electron chi connectivity index (χ1n) is 5.66. The first-order valence-corrected chi connectivity index (χ1v) is 7.33. The Balaban J connectivity index is 2.27. The number of hydrogen-bond acceptors (Lipinski definition) is 3. The predicted octanol–water partition coefficient (Wildman–Crippen LogP) is 3.91. The lowest BCUT2D eigenvalue weighted by atomic mass is 10.1. The monoisotopic (exact) mass is 379 g/mol. The van der Waals surface area contributed by atoms with Crippen molar-refractivity contribution in [1.82, 2.24) is 4.90 Å². The SMILES string of the molecule is CN(Cc1csc(Br)c1)C(=O)c1cc(F)c(F)c(O)c1F. The lowest BCUT2D eigenvalue weighted by Crippen LogP contribution is -2.27. The molecule has 1 amide bonds. The molecule has 0 aliphatic heterocycles. The second-order valence-electron chi connectivity index (χ2n) is 4.30. The molecule has 112 valence electrons. The molecule has 8 heteroatoms. The zero-order valence-electron chi connectivity index (χ0n) is 10.7. The Morgan fingerprint density at radius 1 is 1.33 bits per heavy atom. The Hall–Kier alpha value is -1.54. The first-order chi connectivity index (χ1) is 9.81. The van der Waals surface area contributed by atoms with E-state index in [0.29, 0.717) is 6.07 Å². The number of carbonyl (C=O) groups is 1. The highest BCUT2D eigenvalue weighted by molar-refractivity contribution is 9.11. The number of amides is 1. The lowest BCUT2D eigenvalue weighted by molar-refractivity contribution is 0.0778. The smallest absolute Gasteiger partial charge is 0.257 e. The van der Waals surface area contributed by atoms with Gasteiger partial charge in [0.25, 0.3) is 5.91 Å². The van der Waals surface area contributed by atoms with Crippen LogP contribution in [0.3, 0.4) is 0 Å². The van der Waals surface area contributed by atoms with Gasteiger partial charge in [-0.25, -0.2) is 8.78 Å². The van der Waals surface area contributed by atoms with Crippen molar-refractivity contribution >= 4 is 33.2 Å². The molecule has 3 nitrogen and oxygen atoms in total. The van der Waals surface area contributed by atoms with Gasteiger partial charge in [-0.2, -0.15) is 4.39 Å².